The number of alkyl halides is 3. The molecular formula is C17H24F3N3O. The third-order valence-electron chi connectivity index (χ3n) is 4.16. The first-order valence-electron chi connectivity index (χ1n) is 8.21. The minimum absolute atomic E-state index is 0.0617. The first-order valence-corrected chi connectivity index (χ1v) is 8.21. The van der Waals surface area contributed by atoms with Gasteiger partial charge in [-0.15, -0.1) is 0 Å². The van der Waals surface area contributed by atoms with Crippen molar-refractivity contribution in [1.82, 2.24) is 15.5 Å². The van der Waals surface area contributed by atoms with E-state index in [1.165, 1.54) is 12.1 Å². The van der Waals surface area contributed by atoms with Crippen LogP contribution < -0.4 is 10.6 Å². The van der Waals surface area contributed by atoms with Crippen molar-refractivity contribution in [3.8, 4) is 0 Å². The molecule has 1 heterocycles. The molecule has 0 aliphatic carbocycles. The van der Waals surface area contributed by atoms with Gasteiger partial charge in [-0.3, -0.25) is 9.69 Å². The van der Waals surface area contributed by atoms with Gasteiger partial charge in [-0.05, 0) is 44.1 Å². The Labute approximate surface area is 140 Å². The van der Waals surface area contributed by atoms with Gasteiger partial charge < -0.3 is 10.6 Å². The standard InChI is InChI=1S/C17H24F3N3O/c1-21-9-2-3-16(24)22-15-8-10-23(12-15)11-13-4-6-14(7-5-13)17(18,19)20/h4-7,15,21H,2-3,8-12H2,1H3,(H,22,24). The van der Waals surface area contributed by atoms with Gasteiger partial charge in [-0.1, -0.05) is 12.1 Å². The van der Waals surface area contributed by atoms with Crippen molar-refractivity contribution in [2.75, 3.05) is 26.7 Å². The summed E-state index contributed by atoms with van der Waals surface area (Å²) in [4.78, 5) is 14.0. The minimum atomic E-state index is -4.30. The van der Waals surface area contributed by atoms with Crippen LogP contribution in [0.3, 0.4) is 0 Å². The third kappa shape index (κ3) is 5.79. The number of hydrogen-bond acceptors (Lipinski definition) is 3. The van der Waals surface area contributed by atoms with E-state index in [1.54, 1.807) is 0 Å². The van der Waals surface area contributed by atoms with Crippen LogP contribution in [0.15, 0.2) is 24.3 Å². The van der Waals surface area contributed by atoms with Crippen LogP contribution in [-0.4, -0.2) is 43.5 Å². The lowest BCUT2D eigenvalue weighted by Crippen LogP contribution is -2.37. The fourth-order valence-electron chi connectivity index (χ4n) is 2.88. The highest BCUT2D eigenvalue weighted by Gasteiger charge is 2.30. The Morgan fingerprint density at radius 1 is 1.29 bits per heavy atom. The molecule has 1 aliphatic rings. The minimum Gasteiger partial charge on any atom is -0.352 e. The van der Waals surface area contributed by atoms with Gasteiger partial charge in [0.15, 0.2) is 0 Å². The fraction of sp³-hybridized carbons (Fsp3) is 0.588. The van der Waals surface area contributed by atoms with Gasteiger partial charge in [0.05, 0.1) is 5.56 Å². The van der Waals surface area contributed by atoms with E-state index in [1.807, 2.05) is 7.05 Å². The van der Waals surface area contributed by atoms with Crippen molar-refractivity contribution >= 4 is 5.91 Å². The molecule has 1 atom stereocenters. The van der Waals surface area contributed by atoms with Crippen molar-refractivity contribution in [2.45, 2.75) is 38.0 Å². The molecule has 1 unspecified atom stereocenters. The third-order valence-corrected chi connectivity index (χ3v) is 4.16. The van der Waals surface area contributed by atoms with Crippen LogP contribution in [0.4, 0.5) is 13.2 Å². The van der Waals surface area contributed by atoms with E-state index in [0.717, 1.165) is 50.2 Å². The summed E-state index contributed by atoms with van der Waals surface area (Å²) in [6.45, 7) is 2.99. The van der Waals surface area contributed by atoms with Gasteiger partial charge in [-0.2, -0.15) is 13.2 Å². The Kier molecular flexibility index (Phi) is 6.62. The zero-order valence-corrected chi connectivity index (χ0v) is 13.8. The van der Waals surface area contributed by atoms with E-state index in [-0.39, 0.29) is 11.9 Å². The lowest BCUT2D eigenvalue weighted by molar-refractivity contribution is -0.137. The number of carbonyl (C=O) groups excluding carboxylic acids is 1. The Bertz CT molecular complexity index is 531. The summed E-state index contributed by atoms with van der Waals surface area (Å²) in [6, 6.07) is 5.40. The number of likely N-dealkylation sites (tertiary alicyclic amines) is 1. The highest BCUT2D eigenvalue weighted by Crippen LogP contribution is 2.29. The first kappa shape index (κ1) is 18.7. The summed E-state index contributed by atoms with van der Waals surface area (Å²) in [7, 11) is 1.86. The molecule has 2 rings (SSSR count). The molecule has 7 heteroatoms. The molecule has 1 saturated heterocycles. The number of rotatable bonds is 7. The lowest BCUT2D eigenvalue weighted by atomic mass is 10.1. The van der Waals surface area contributed by atoms with Crippen molar-refractivity contribution in [2.24, 2.45) is 0 Å². The highest BCUT2D eigenvalue weighted by molar-refractivity contribution is 5.76. The van der Waals surface area contributed by atoms with Crippen LogP contribution in [-0.2, 0) is 17.5 Å². The summed E-state index contributed by atoms with van der Waals surface area (Å²) < 4.78 is 37.7. The Morgan fingerprint density at radius 3 is 2.62 bits per heavy atom. The monoisotopic (exact) mass is 343 g/mol. The lowest BCUT2D eigenvalue weighted by Gasteiger charge is -2.17. The second-order valence-corrected chi connectivity index (χ2v) is 6.19. The molecule has 0 saturated carbocycles. The average Bonchev–Trinajstić information content (AvgIpc) is 2.94. The van der Waals surface area contributed by atoms with Crippen molar-refractivity contribution < 1.29 is 18.0 Å². The molecule has 134 valence electrons. The van der Waals surface area contributed by atoms with E-state index in [0.29, 0.717) is 13.0 Å². The Balaban J connectivity index is 1.76. The molecule has 1 aromatic rings. The first-order chi connectivity index (χ1) is 11.4. The smallest absolute Gasteiger partial charge is 0.352 e. The molecule has 0 aromatic heterocycles. The van der Waals surface area contributed by atoms with Crippen LogP contribution in [0.5, 0.6) is 0 Å². The number of carbonyl (C=O) groups is 1. The zero-order chi connectivity index (χ0) is 17.6. The van der Waals surface area contributed by atoms with Gasteiger partial charge in [0, 0.05) is 32.1 Å². The molecule has 1 amide bonds. The molecule has 1 aromatic carbocycles. The largest absolute Gasteiger partial charge is 0.416 e. The van der Waals surface area contributed by atoms with Crippen LogP contribution >= 0.6 is 0 Å². The highest BCUT2D eigenvalue weighted by atomic mass is 19.4. The van der Waals surface area contributed by atoms with E-state index in [9.17, 15) is 18.0 Å². The Hall–Kier alpha value is -1.60. The summed E-state index contributed by atoms with van der Waals surface area (Å²) >= 11 is 0. The number of halogens is 3. The van der Waals surface area contributed by atoms with Crippen LogP contribution in [0, 0.1) is 0 Å². The second-order valence-electron chi connectivity index (χ2n) is 6.19. The second kappa shape index (κ2) is 8.48. The number of nitrogens with zero attached hydrogens (tertiary/aromatic N) is 1. The van der Waals surface area contributed by atoms with Gasteiger partial charge in [0.1, 0.15) is 0 Å². The quantitative estimate of drug-likeness (QED) is 0.747. The summed E-state index contributed by atoms with van der Waals surface area (Å²) in [6.07, 6.45) is -2.10. The molecule has 1 aliphatic heterocycles. The fourth-order valence-corrected chi connectivity index (χ4v) is 2.88. The van der Waals surface area contributed by atoms with E-state index in [4.69, 9.17) is 0 Å². The topological polar surface area (TPSA) is 44.4 Å². The predicted octanol–water partition coefficient (Wildman–Crippen LogP) is 2.40. The number of amides is 1. The molecule has 0 radical (unpaired) electrons. The van der Waals surface area contributed by atoms with E-state index < -0.39 is 11.7 Å². The molecule has 24 heavy (non-hydrogen) atoms. The summed E-state index contributed by atoms with van der Waals surface area (Å²) in [5.41, 5.74) is 0.225. The van der Waals surface area contributed by atoms with Crippen LogP contribution in [0.2, 0.25) is 0 Å². The number of hydrogen-bond donors (Lipinski definition) is 2. The van der Waals surface area contributed by atoms with Crippen molar-refractivity contribution in [3.05, 3.63) is 35.4 Å². The number of nitrogens with one attached hydrogen (secondary N) is 2. The molecule has 1 fully saturated rings. The van der Waals surface area contributed by atoms with Crippen LogP contribution in [0.25, 0.3) is 0 Å². The molecular weight excluding hydrogens is 319 g/mol. The SMILES string of the molecule is CNCCCC(=O)NC1CCN(Cc2ccc(C(F)(F)F)cc2)C1. The van der Waals surface area contributed by atoms with Crippen LogP contribution in [0.1, 0.15) is 30.4 Å². The summed E-state index contributed by atoms with van der Waals surface area (Å²) in [5.74, 6) is 0.0617. The molecule has 0 bridgehead atoms. The van der Waals surface area contributed by atoms with Gasteiger partial charge in [0.2, 0.25) is 5.91 Å². The van der Waals surface area contributed by atoms with Gasteiger partial charge in [0.25, 0.3) is 0 Å². The normalized spacial score (nSPS) is 18.8. The average molecular weight is 343 g/mol. The number of benzene rings is 1. The molecule has 0 spiro atoms. The zero-order valence-electron chi connectivity index (χ0n) is 13.8. The Morgan fingerprint density at radius 2 is 2.00 bits per heavy atom. The maximum atomic E-state index is 12.6. The molecule has 2 N–H and O–H groups in total. The van der Waals surface area contributed by atoms with Crippen molar-refractivity contribution in [1.29, 1.82) is 0 Å². The van der Waals surface area contributed by atoms with E-state index >= 15 is 0 Å². The van der Waals surface area contributed by atoms with Gasteiger partial charge in [-0.25, -0.2) is 0 Å². The summed E-state index contributed by atoms with van der Waals surface area (Å²) in [5, 5.41) is 6.03. The maximum absolute atomic E-state index is 12.6. The maximum Gasteiger partial charge on any atom is 0.416 e. The van der Waals surface area contributed by atoms with Gasteiger partial charge >= 0.3 is 6.18 Å². The van der Waals surface area contributed by atoms with E-state index in [2.05, 4.69) is 15.5 Å². The molecule has 4 nitrogen and oxygen atoms in total. The van der Waals surface area contributed by atoms with Crippen molar-refractivity contribution in [3.63, 3.8) is 0 Å². The predicted molar refractivity (Wildman–Crippen MR) is 86.4 cm³/mol.